The van der Waals surface area contributed by atoms with Crippen LogP contribution in [0.5, 0.6) is 0 Å². The van der Waals surface area contributed by atoms with E-state index in [1.165, 1.54) is 24.3 Å². The topological polar surface area (TPSA) is 109 Å². The molecule has 0 atom stereocenters. The highest BCUT2D eigenvalue weighted by Crippen LogP contribution is 2.08. The third-order valence-corrected chi connectivity index (χ3v) is 2.53. The molecule has 0 aliphatic rings. The summed E-state index contributed by atoms with van der Waals surface area (Å²) in [5.74, 6) is -1.07. The van der Waals surface area contributed by atoms with Crippen molar-refractivity contribution in [2.24, 2.45) is 0 Å². The second-order valence-corrected chi connectivity index (χ2v) is 3.89. The number of aryl methyl sites for hydroxylation is 1. The second-order valence-electron chi connectivity index (χ2n) is 3.89. The third-order valence-electron chi connectivity index (χ3n) is 2.53. The van der Waals surface area contributed by atoms with Crippen molar-refractivity contribution in [1.82, 2.24) is 24.7 Å². The first kappa shape index (κ1) is 14.6. The molecular weight excluding hydrogens is 278 g/mol. The molecule has 0 unspecified atom stereocenters. The van der Waals surface area contributed by atoms with E-state index in [0.717, 1.165) is 0 Å². The van der Waals surface area contributed by atoms with Gasteiger partial charge in [0, 0.05) is 6.20 Å². The number of ether oxygens (including phenoxy) is 2. The fourth-order valence-electron chi connectivity index (χ4n) is 1.52. The number of aromatic nitrogens is 5. The number of carbonyl (C=O) groups excluding carboxylic acids is 2. The molecule has 21 heavy (non-hydrogen) atoms. The zero-order valence-corrected chi connectivity index (χ0v) is 11.7. The number of carbonyl (C=O) groups is 2. The van der Waals surface area contributed by atoms with Gasteiger partial charge in [0.2, 0.25) is 0 Å². The molecule has 0 aliphatic heterocycles. The van der Waals surface area contributed by atoms with Gasteiger partial charge in [0.1, 0.15) is 6.33 Å². The fourth-order valence-corrected chi connectivity index (χ4v) is 1.52. The molecule has 0 spiro atoms. The molecule has 0 amide bonds. The zero-order valence-electron chi connectivity index (χ0n) is 11.7. The van der Waals surface area contributed by atoms with Gasteiger partial charge < -0.3 is 9.47 Å². The van der Waals surface area contributed by atoms with Gasteiger partial charge in [-0.2, -0.15) is 4.68 Å². The van der Waals surface area contributed by atoms with Crippen LogP contribution < -0.4 is 0 Å². The van der Waals surface area contributed by atoms with Crippen molar-refractivity contribution in [3.8, 4) is 5.95 Å². The smallest absolute Gasteiger partial charge is 0.377 e. The average Bonchev–Trinajstić information content (AvgIpc) is 2.96. The Bertz CT molecular complexity index is 682. The predicted molar refractivity (Wildman–Crippen MR) is 69.0 cm³/mol. The molecular formula is C12H13N5O4. The van der Waals surface area contributed by atoms with Crippen LogP contribution in [0.3, 0.4) is 0 Å². The van der Waals surface area contributed by atoms with Crippen molar-refractivity contribution < 1.29 is 19.1 Å². The molecule has 0 saturated carbocycles. The van der Waals surface area contributed by atoms with E-state index in [9.17, 15) is 9.59 Å². The van der Waals surface area contributed by atoms with Gasteiger partial charge in [-0.1, -0.05) is 0 Å². The summed E-state index contributed by atoms with van der Waals surface area (Å²) in [4.78, 5) is 34.9. The Hall–Kier alpha value is -2.84. The summed E-state index contributed by atoms with van der Waals surface area (Å²) in [6.45, 7) is 3.63. The van der Waals surface area contributed by atoms with Crippen molar-refractivity contribution in [3.05, 3.63) is 29.6 Å². The lowest BCUT2D eigenvalue weighted by Gasteiger charge is -2.05. The summed E-state index contributed by atoms with van der Waals surface area (Å²) >= 11 is 0. The van der Waals surface area contributed by atoms with E-state index in [1.54, 1.807) is 13.8 Å². The monoisotopic (exact) mass is 291 g/mol. The summed E-state index contributed by atoms with van der Waals surface area (Å²) < 4.78 is 10.6. The van der Waals surface area contributed by atoms with Gasteiger partial charge in [0.05, 0.1) is 25.0 Å². The fraction of sp³-hybridized carbons (Fsp3) is 0.333. The first-order chi connectivity index (χ1) is 10.1. The van der Waals surface area contributed by atoms with Gasteiger partial charge in [-0.25, -0.2) is 24.5 Å². The van der Waals surface area contributed by atoms with Gasteiger partial charge in [-0.3, -0.25) is 0 Å². The molecule has 9 heteroatoms. The van der Waals surface area contributed by atoms with Gasteiger partial charge in [0.25, 0.3) is 11.8 Å². The third kappa shape index (κ3) is 3.02. The standard InChI is InChI=1S/C12H13N5O4/c1-4-21-10(18)8-5-13-12(15-7(8)2)17-6-14-9(16-17)11(19)20-3/h5-6H,4H2,1-3H3. The Morgan fingerprint density at radius 1 is 1.29 bits per heavy atom. The lowest BCUT2D eigenvalue weighted by molar-refractivity contribution is 0.0523. The molecule has 0 N–H and O–H groups in total. The minimum atomic E-state index is -0.659. The number of hydrogen-bond acceptors (Lipinski definition) is 8. The highest BCUT2D eigenvalue weighted by Gasteiger charge is 2.16. The number of nitrogens with zero attached hydrogens (tertiary/aromatic N) is 5. The van der Waals surface area contributed by atoms with E-state index in [1.807, 2.05) is 0 Å². The summed E-state index contributed by atoms with van der Waals surface area (Å²) in [5.41, 5.74) is 0.711. The van der Waals surface area contributed by atoms with Crippen LogP contribution in [-0.2, 0) is 9.47 Å². The van der Waals surface area contributed by atoms with Crippen LogP contribution in [0.25, 0.3) is 5.95 Å². The molecule has 0 fully saturated rings. The summed E-state index contributed by atoms with van der Waals surface area (Å²) in [5, 5.41) is 3.89. The largest absolute Gasteiger partial charge is 0.463 e. The number of esters is 2. The zero-order chi connectivity index (χ0) is 15.4. The average molecular weight is 291 g/mol. The SMILES string of the molecule is CCOC(=O)c1cnc(-n2cnc(C(=O)OC)n2)nc1C. The number of hydrogen-bond donors (Lipinski definition) is 0. The van der Waals surface area contributed by atoms with Crippen molar-refractivity contribution >= 4 is 11.9 Å². The Morgan fingerprint density at radius 3 is 2.67 bits per heavy atom. The van der Waals surface area contributed by atoms with Crippen LogP contribution in [0.2, 0.25) is 0 Å². The molecule has 2 heterocycles. The van der Waals surface area contributed by atoms with Crippen LogP contribution in [0, 0.1) is 6.92 Å². The van der Waals surface area contributed by atoms with Crippen LogP contribution in [0.1, 0.15) is 33.6 Å². The lowest BCUT2D eigenvalue weighted by Crippen LogP contribution is -2.12. The van der Waals surface area contributed by atoms with Gasteiger partial charge >= 0.3 is 11.9 Å². The van der Waals surface area contributed by atoms with Gasteiger partial charge in [0.15, 0.2) is 0 Å². The van der Waals surface area contributed by atoms with Gasteiger partial charge in [-0.05, 0) is 13.8 Å². The Labute approximate surface area is 119 Å². The molecule has 0 bridgehead atoms. The van der Waals surface area contributed by atoms with Crippen molar-refractivity contribution in [2.45, 2.75) is 13.8 Å². The molecule has 2 aromatic heterocycles. The molecule has 2 rings (SSSR count). The van der Waals surface area contributed by atoms with Crippen LogP contribution >= 0.6 is 0 Å². The minimum absolute atomic E-state index is 0.103. The molecule has 0 aromatic carbocycles. The van der Waals surface area contributed by atoms with Crippen molar-refractivity contribution in [1.29, 1.82) is 0 Å². The summed E-state index contributed by atoms with van der Waals surface area (Å²) in [6.07, 6.45) is 2.63. The first-order valence-corrected chi connectivity index (χ1v) is 6.08. The maximum atomic E-state index is 11.6. The minimum Gasteiger partial charge on any atom is -0.463 e. The van der Waals surface area contributed by atoms with E-state index in [2.05, 4.69) is 24.8 Å². The first-order valence-electron chi connectivity index (χ1n) is 6.08. The molecule has 9 nitrogen and oxygen atoms in total. The normalized spacial score (nSPS) is 10.2. The van der Waals surface area contributed by atoms with E-state index in [-0.39, 0.29) is 23.9 Å². The van der Waals surface area contributed by atoms with Crippen LogP contribution in [0.4, 0.5) is 0 Å². The molecule has 0 saturated heterocycles. The molecule has 2 aromatic rings. The number of rotatable bonds is 4. The van der Waals surface area contributed by atoms with Crippen molar-refractivity contribution in [2.75, 3.05) is 13.7 Å². The molecule has 110 valence electrons. The van der Waals surface area contributed by atoms with E-state index in [4.69, 9.17) is 4.74 Å². The maximum absolute atomic E-state index is 11.6. The van der Waals surface area contributed by atoms with Crippen LogP contribution in [0.15, 0.2) is 12.5 Å². The van der Waals surface area contributed by atoms with Gasteiger partial charge in [-0.15, -0.1) is 5.10 Å². The van der Waals surface area contributed by atoms with E-state index < -0.39 is 11.9 Å². The Kier molecular flexibility index (Phi) is 4.21. The molecule has 0 radical (unpaired) electrons. The van der Waals surface area contributed by atoms with E-state index >= 15 is 0 Å². The maximum Gasteiger partial charge on any atom is 0.377 e. The Morgan fingerprint density at radius 2 is 2.05 bits per heavy atom. The highest BCUT2D eigenvalue weighted by molar-refractivity contribution is 5.90. The molecule has 0 aliphatic carbocycles. The lowest BCUT2D eigenvalue weighted by atomic mass is 10.2. The Balaban J connectivity index is 2.29. The van der Waals surface area contributed by atoms with E-state index in [0.29, 0.717) is 5.69 Å². The number of methoxy groups -OCH3 is 1. The van der Waals surface area contributed by atoms with Crippen LogP contribution in [-0.4, -0.2) is 50.4 Å². The summed E-state index contributed by atoms with van der Waals surface area (Å²) in [6, 6.07) is 0. The quantitative estimate of drug-likeness (QED) is 0.741. The summed E-state index contributed by atoms with van der Waals surface area (Å²) in [7, 11) is 1.23. The van der Waals surface area contributed by atoms with Crippen molar-refractivity contribution in [3.63, 3.8) is 0 Å². The second kappa shape index (κ2) is 6.07. The predicted octanol–water partition coefficient (Wildman–Crippen LogP) is 0.329. The highest BCUT2D eigenvalue weighted by atomic mass is 16.5.